The first-order valence-corrected chi connectivity index (χ1v) is 6.44. The van der Waals surface area contributed by atoms with E-state index in [1.54, 1.807) is 14.0 Å². The lowest BCUT2D eigenvalue weighted by atomic mass is 9.80. The smallest absolute Gasteiger partial charge is 0.333 e. The zero-order valence-electron chi connectivity index (χ0n) is 11.3. The average molecular weight is 240 g/mol. The summed E-state index contributed by atoms with van der Waals surface area (Å²) in [4.78, 5) is 11.7. The van der Waals surface area contributed by atoms with Crippen LogP contribution in [0.5, 0.6) is 0 Å². The average Bonchev–Trinajstić information content (AvgIpc) is 2.30. The van der Waals surface area contributed by atoms with Crippen molar-refractivity contribution < 1.29 is 14.3 Å². The maximum Gasteiger partial charge on any atom is 0.333 e. The molecule has 17 heavy (non-hydrogen) atoms. The molecule has 98 valence electrons. The number of ether oxygens (including phenoxy) is 2. The molecule has 0 heterocycles. The van der Waals surface area contributed by atoms with Gasteiger partial charge in [0.2, 0.25) is 0 Å². The Labute approximate surface area is 104 Å². The summed E-state index contributed by atoms with van der Waals surface area (Å²) in [5.41, 5.74) is 0.203. The van der Waals surface area contributed by atoms with Gasteiger partial charge in [-0.1, -0.05) is 19.9 Å². The van der Waals surface area contributed by atoms with Gasteiger partial charge in [0.1, 0.15) is 5.60 Å². The van der Waals surface area contributed by atoms with Crippen molar-refractivity contribution in [2.24, 2.45) is 0 Å². The van der Waals surface area contributed by atoms with Crippen LogP contribution < -0.4 is 0 Å². The SMILES string of the molecule is C=C(C)C(=O)OC1(CCC)CCC(OC)CC1. The fourth-order valence-electron chi connectivity index (χ4n) is 2.50. The molecule has 0 atom stereocenters. The minimum absolute atomic E-state index is 0.255. The van der Waals surface area contributed by atoms with Gasteiger partial charge in [0.15, 0.2) is 0 Å². The summed E-state index contributed by atoms with van der Waals surface area (Å²) in [6.07, 6.45) is 6.03. The Balaban J connectivity index is 2.64. The lowest BCUT2D eigenvalue weighted by Gasteiger charge is -2.39. The summed E-state index contributed by atoms with van der Waals surface area (Å²) in [5.74, 6) is -0.255. The van der Waals surface area contributed by atoms with Crippen LogP contribution in [0, 0.1) is 0 Å². The molecule has 1 aliphatic carbocycles. The monoisotopic (exact) mass is 240 g/mol. The molecule has 0 N–H and O–H groups in total. The van der Waals surface area contributed by atoms with Gasteiger partial charge in [-0.05, 0) is 39.0 Å². The van der Waals surface area contributed by atoms with E-state index in [2.05, 4.69) is 13.5 Å². The maximum atomic E-state index is 11.7. The summed E-state index contributed by atoms with van der Waals surface area (Å²) in [6, 6.07) is 0. The fourth-order valence-corrected chi connectivity index (χ4v) is 2.50. The molecule has 0 aromatic carbocycles. The minimum atomic E-state index is -0.278. The highest BCUT2D eigenvalue weighted by molar-refractivity contribution is 5.87. The highest BCUT2D eigenvalue weighted by atomic mass is 16.6. The number of rotatable bonds is 5. The standard InChI is InChI=1S/C14H24O3/c1-5-8-14(17-13(15)11(2)3)9-6-12(16-4)7-10-14/h12H,2,5-10H2,1,3-4H3. The molecule has 1 rings (SSSR count). The molecule has 0 spiro atoms. The molecule has 1 aliphatic rings. The highest BCUT2D eigenvalue weighted by Crippen LogP contribution is 2.37. The summed E-state index contributed by atoms with van der Waals surface area (Å²) in [7, 11) is 1.75. The van der Waals surface area contributed by atoms with Crippen LogP contribution in [0.2, 0.25) is 0 Å². The van der Waals surface area contributed by atoms with E-state index >= 15 is 0 Å². The van der Waals surface area contributed by atoms with Crippen molar-refractivity contribution in [1.82, 2.24) is 0 Å². The molecule has 0 radical (unpaired) electrons. The van der Waals surface area contributed by atoms with E-state index in [4.69, 9.17) is 9.47 Å². The lowest BCUT2D eigenvalue weighted by molar-refractivity contribution is -0.162. The molecule has 0 aromatic rings. The second-order valence-electron chi connectivity index (χ2n) is 5.04. The third kappa shape index (κ3) is 3.84. The number of methoxy groups -OCH3 is 1. The largest absolute Gasteiger partial charge is 0.456 e. The van der Waals surface area contributed by atoms with Crippen molar-refractivity contribution in [2.45, 2.75) is 64.1 Å². The second-order valence-corrected chi connectivity index (χ2v) is 5.04. The topological polar surface area (TPSA) is 35.5 Å². The molecule has 3 nitrogen and oxygen atoms in total. The predicted octanol–water partition coefficient (Wildman–Crippen LogP) is 3.23. The minimum Gasteiger partial charge on any atom is -0.456 e. The number of carbonyl (C=O) groups is 1. The van der Waals surface area contributed by atoms with Gasteiger partial charge in [0.05, 0.1) is 6.10 Å². The number of carbonyl (C=O) groups excluding carboxylic acids is 1. The van der Waals surface area contributed by atoms with E-state index in [1.807, 2.05) is 0 Å². The van der Waals surface area contributed by atoms with Crippen LogP contribution in [0.3, 0.4) is 0 Å². The Morgan fingerprint density at radius 1 is 1.41 bits per heavy atom. The Bertz CT molecular complexity index is 275. The van der Waals surface area contributed by atoms with Gasteiger partial charge in [-0.3, -0.25) is 0 Å². The van der Waals surface area contributed by atoms with Crippen molar-refractivity contribution in [1.29, 1.82) is 0 Å². The van der Waals surface area contributed by atoms with Gasteiger partial charge >= 0.3 is 5.97 Å². The van der Waals surface area contributed by atoms with Gasteiger partial charge in [-0.15, -0.1) is 0 Å². The molecule has 3 heteroatoms. The number of esters is 1. The van der Waals surface area contributed by atoms with Crippen LogP contribution in [-0.2, 0) is 14.3 Å². The van der Waals surface area contributed by atoms with Crippen molar-refractivity contribution in [2.75, 3.05) is 7.11 Å². The summed E-state index contributed by atoms with van der Waals surface area (Å²) >= 11 is 0. The zero-order chi connectivity index (χ0) is 12.9. The molecule has 1 fully saturated rings. The first kappa shape index (κ1) is 14.2. The molecule has 0 aliphatic heterocycles. The van der Waals surface area contributed by atoms with Gasteiger partial charge in [-0.25, -0.2) is 4.79 Å². The predicted molar refractivity (Wildman–Crippen MR) is 67.8 cm³/mol. The molecule has 1 saturated carbocycles. The van der Waals surface area contributed by atoms with Crippen LogP contribution in [0.1, 0.15) is 52.4 Å². The molecule has 0 aromatic heterocycles. The summed E-state index contributed by atoms with van der Waals surface area (Å²) in [6.45, 7) is 7.46. The summed E-state index contributed by atoms with van der Waals surface area (Å²) in [5, 5.41) is 0. The van der Waals surface area contributed by atoms with Gasteiger partial charge < -0.3 is 9.47 Å². The van der Waals surface area contributed by atoms with Crippen LogP contribution in [-0.4, -0.2) is 24.8 Å². The van der Waals surface area contributed by atoms with Crippen molar-refractivity contribution in [3.05, 3.63) is 12.2 Å². The fraction of sp³-hybridized carbons (Fsp3) is 0.786. The first-order chi connectivity index (χ1) is 8.03. The Morgan fingerprint density at radius 3 is 2.41 bits per heavy atom. The maximum absolute atomic E-state index is 11.7. The first-order valence-electron chi connectivity index (χ1n) is 6.44. The van der Waals surface area contributed by atoms with Crippen LogP contribution in [0.4, 0.5) is 0 Å². The van der Waals surface area contributed by atoms with E-state index < -0.39 is 0 Å². The van der Waals surface area contributed by atoms with Gasteiger partial charge in [0, 0.05) is 12.7 Å². The Morgan fingerprint density at radius 2 is 2.00 bits per heavy atom. The molecule has 0 amide bonds. The molecule has 0 unspecified atom stereocenters. The van der Waals surface area contributed by atoms with Crippen molar-refractivity contribution in [3.8, 4) is 0 Å². The molecule has 0 bridgehead atoms. The quantitative estimate of drug-likeness (QED) is 0.546. The van der Waals surface area contributed by atoms with E-state index in [0.717, 1.165) is 38.5 Å². The summed E-state index contributed by atoms with van der Waals surface area (Å²) < 4.78 is 11.0. The highest BCUT2D eigenvalue weighted by Gasteiger charge is 2.38. The van der Waals surface area contributed by atoms with Crippen molar-refractivity contribution in [3.63, 3.8) is 0 Å². The van der Waals surface area contributed by atoms with E-state index in [1.165, 1.54) is 0 Å². The van der Waals surface area contributed by atoms with E-state index in [-0.39, 0.29) is 11.6 Å². The zero-order valence-corrected chi connectivity index (χ0v) is 11.3. The van der Waals surface area contributed by atoms with Crippen LogP contribution in [0.15, 0.2) is 12.2 Å². The van der Waals surface area contributed by atoms with Gasteiger partial charge in [0.25, 0.3) is 0 Å². The second kappa shape index (κ2) is 6.20. The third-order valence-electron chi connectivity index (χ3n) is 3.54. The van der Waals surface area contributed by atoms with E-state index in [0.29, 0.717) is 11.7 Å². The Hall–Kier alpha value is -0.830. The number of hydrogen-bond acceptors (Lipinski definition) is 3. The van der Waals surface area contributed by atoms with Crippen LogP contribution >= 0.6 is 0 Å². The van der Waals surface area contributed by atoms with Crippen molar-refractivity contribution >= 4 is 5.97 Å². The van der Waals surface area contributed by atoms with Crippen LogP contribution in [0.25, 0.3) is 0 Å². The molecular weight excluding hydrogens is 216 g/mol. The van der Waals surface area contributed by atoms with Gasteiger partial charge in [-0.2, -0.15) is 0 Å². The third-order valence-corrected chi connectivity index (χ3v) is 3.54. The molecule has 0 saturated heterocycles. The lowest BCUT2D eigenvalue weighted by Crippen LogP contribution is -2.40. The normalized spacial score (nSPS) is 28.8. The van der Waals surface area contributed by atoms with E-state index in [9.17, 15) is 4.79 Å². The number of hydrogen-bond donors (Lipinski definition) is 0. The molecular formula is C14H24O3. The Kier molecular flexibility index (Phi) is 5.19.